The van der Waals surface area contributed by atoms with Gasteiger partial charge < -0.3 is 16.2 Å². The molecule has 0 saturated heterocycles. The molecule has 0 saturated carbocycles. The van der Waals surface area contributed by atoms with Crippen molar-refractivity contribution >= 4 is 11.8 Å². The minimum absolute atomic E-state index is 0.404. The molecule has 0 amide bonds. The summed E-state index contributed by atoms with van der Waals surface area (Å²) in [7, 11) is 0. The summed E-state index contributed by atoms with van der Waals surface area (Å²) in [6.07, 6.45) is 2.22. The van der Waals surface area contributed by atoms with Crippen LogP contribution < -0.4 is 11.1 Å². The molecule has 9 heteroatoms. The summed E-state index contributed by atoms with van der Waals surface area (Å²) >= 11 is 0. The minimum Gasteiger partial charge on any atom is -0.481 e. The van der Waals surface area contributed by atoms with Gasteiger partial charge in [0.05, 0.1) is 19.0 Å². The molecule has 2 atom stereocenters. The monoisotopic (exact) mass is 348 g/mol. The van der Waals surface area contributed by atoms with Gasteiger partial charge in [0, 0.05) is 12.1 Å². The Morgan fingerprint density at radius 1 is 1.40 bits per heavy atom. The lowest BCUT2D eigenvalue weighted by Crippen LogP contribution is -2.53. The van der Waals surface area contributed by atoms with Gasteiger partial charge in [0.25, 0.3) is 0 Å². The van der Waals surface area contributed by atoms with E-state index in [1.165, 1.54) is 0 Å². The molecule has 0 spiro atoms. The van der Waals surface area contributed by atoms with Crippen LogP contribution in [-0.2, 0) is 11.2 Å². The predicted molar refractivity (Wildman–Crippen MR) is 91.7 cm³/mol. The molecular weight excluding hydrogens is 322 g/mol. The second kappa shape index (κ2) is 8.02. The predicted octanol–water partition coefficient (Wildman–Crippen LogP) is 0.322. The van der Waals surface area contributed by atoms with Gasteiger partial charge >= 0.3 is 5.97 Å². The Kier molecular flexibility index (Phi) is 6.02. The molecule has 2 rings (SSSR count). The lowest BCUT2D eigenvalue weighted by atomic mass is 9.71. The van der Waals surface area contributed by atoms with Crippen molar-refractivity contribution in [3.8, 4) is 0 Å². The minimum atomic E-state index is -0.871. The summed E-state index contributed by atoms with van der Waals surface area (Å²) in [4.78, 5) is 16.3. The van der Waals surface area contributed by atoms with Crippen molar-refractivity contribution in [1.29, 1.82) is 0 Å². The molecule has 0 radical (unpaired) electrons. The summed E-state index contributed by atoms with van der Waals surface area (Å²) in [6.45, 7) is 7.24. The van der Waals surface area contributed by atoms with Crippen LogP contribution in [0.1, 0.15) is 38.1 Å². The molecule has 0 fully saturated rings. The number of quaternary nitrogens is 1. The lowest BCUT2D eigenvalue weighted by molar-refractivity contribution is -0.362. The fourth-order valence-corrected chi connectivity index (χ4v) is 2.95. The van der Waals surface area contributed by atoms with E-state index in [1.807, 2.05) is 32.9 Å². The molecule has 0 aliphatic carbocycles. The average molecular weight is 348 g/mol. The SMILES string of the molecule is CC(C)(C)[C@H](C(=O)O)[C@H](Cc1ccc(NCC[NH3+])nc1)c1nn[nH]n1. The highest BCUT2D eigenvalue weighted by Gasteiger charge is 2.40. The van der Waals surface area contributed by atoms with Crippen LogP contribution in [0.4, 0.5) is 5.82 Å². The first-order valence-electron chi connectivity index (χ1n) is 8.27. The number of aromatic nitrogens is 5. The van der Waals surface area contributed by atoms with E-state index in [0.29, 0.717) is 12.2 Å². The Morgan fingerprint density at radius 2 is 2.16 bits per heavy atom. The maximum atomic E-state index is 11.9. The topological polar surface area (TPSA) is 144 Å². The van der Waals surface area contributed by atoms with Crippen LogP contribution in [0.2, 0.25) is 0 Å². The van der Waals surface area contributed by atoms with Crippen LogP contribution in [0.25, 0.3) is 0 Å². The number of carboxylic acids is 1. The molecule has 0 bridgehead atoms. The molecule has 136 valence electrons. The Morgan fingerprint density at radius 3 is 2.64 bits per heavy atom. The van der Waals surface area contributed by atoms with Crippen molar-refractivity contribution in [3.05, 3.63) is 29.7 Å². The van der Waals surface area contributed by atoms with Gasteiger partial charge in [-0.25, -0.2) is 4.98 Å². The van der Waals surface area contributed by atoms with E-state index in [1.54, 1.807) is 6.20 Å². The normalized spacial score (nSPS) is 14.1. The summed E-state index contributed by atoms with van der Waals surface area (Å²) in [5.74, 6) is -0.759. The molecule has 0 aliphatic heterocycles. The van der Waals surface area contributed by atoms with Crippen molar-refractivity contribution in [2.75, 3.05) is 18.4 Å². The number of nitrogens with zero attached hydrogens (tertiary/aromatic N) is 4. The van der Waals surface area contributed by atoms with Crippen LogP contribution in [-0.4, -0.2) is 49.8 Å². The number of aliphatic carboxylic acids is 1. The van der Waals surface area contributed by atoms with E-state index in [2.05, 4.69) is 36.7 Å². The zero-order valence-electron chi connectivity index (χ0n) is 14.9. The van der Waals surface area contributed by atoms with E-state index in [-0.39, 0.29) is 0 Å². The van der Waals surface area contributed by atoms with Gasteiger partial charge in [0.1, 0.15) is 5.82 Å². The molecule has 2 aromatic heterocycles. The van der Waals surface area contributed by atoms with Gasteiger partial charge in [-0.1, -0.05) is 32.1 Å². The number of carbonyl (C=O) groups is 1. The number of hydrogen-bond donors (Lipinski definition) is 4. The molecule has 0 unspecified atom stereocenters. The molecule has 0 aliphatic rings. The molecule has 9 nitrogen and oxygen atoms in total. The first-order valence-corrected chi connectivity index (χ1v) is 8.27. The van der Waals surface area contributed by atoms with Crippen molar-refractivity contribution < 1.29 is 15.6 Å². The first-order chi connectivity index (χ1) is 11.8. The van der Waals surface area contributed by atoms with E-state index >= 15 is 0 Å². The lowest BCUT2D eigenvalue weighted by Gasteiger charge is -2.32. The summed E-state index contributed by atoms with van der Waals surface area (Å²) in [5, 5.41) is 27.0. The maximum absolute atomic E-state index is 11.9. The Bertz CT molecular complexity index is 665. The van der Waals surface area contributed by atoms with E-state index < -0.39 is 23.2 Å². The first kappa shape index (κ1) is 18.8. The van der Waals surface area contributed by atoms with E-state index in [4.69, 9.17) is 0 Å². The third-order valence-electron chi connectivity index (χ3n) is 4.06. The number of tetrazole rings is 1. The number of aromatic amines is 1. The zero-order valence-corrected chi connectivity index (χ0v) is 14.9. The molecular formula is C16H26N7O2+. The number of H-pyrrole nitrogens is 1. The van der Waals surface area contributed by atoms with E-state index in [0.717, 1.165) is 24.5 Å². The Labute approximate surface area is 146 Å². The third-order valence-corrected chi connectivity index (χ3v) is 4.06. The molecule has 2 aromatic rings. The maximum Gasteiger partial charge on any atom is 0.307 e. The molecule has 6 N–H and O–H groups in total. The number of pyridine rings is 1. The highest BCUT2D eigenvalue weighted by molar-refractivity contribution is 5.72. The van der Waals surface area contributed by atoms with Gasteiger partial charge in [0.15, 0.2) is 5.82 Å². The second-order valence-corrected chi connectivity index (χ2v) is 7.09. The van der Waals surface area contributed by atoms with E-state index in [9.17, 15) is 9.90 Å². The fourth-order valence-electron chi connectivity index (χ4n) is 2.95. The number of anilines is 1. The van der Waals surface area contributed by atoms with Crippen LogP contribution >= 0.6 is 0 Å². The number of hydrogen-bond acceptors (Lipinski definition) is 6. The smallest absolute Gasteiger partial charge is 0.307 e. The summed E-state index contributed by atoms with van der Waals surface area (Å²) < 4.78 is 0. The van der Waals surface area contributed by atoms with Crippen LogP contribution in [0.3, 0.4) is 0 Å². The largest absolute Gasteiger partial charge is 0.481 e. The number of rotatable bonds is 8. The highest BCUT2D eigenvalue weighted by atomic mass is 16.4. The van der Waals surface area contributed by atoms with Crippen molar-refractivity contribution in [2.45, 2.75) is 33.1 Å². The van der Waals surface area contributed by atoms with Gasteiger partial charge in [-0.3, -0.25) is 4.79 Å². The fraction of sp³-hybridized carbons (Fsp3) is 0.562. The molecule has 0 aromatic carbocycles. The molecule has 2 heterocycles. The van der Waals surface area contributed by atoms with Crippen molar-refractivity contribution in [3.63, 3.8) is 0 Å². The zero-order chi connectivity index (χ0) is 18.4. The third kappa shape index (κ3) is 4.96. The summed E-state index contributed by atoms with van der Waals surface area (Å²) in [5.41, 5.74) is 4.24. The van der Waals surface area contributed by atoms with Crippen LogP contribution in [0.15, 0.2) is 18.3 Å². The Balaban J connectivity index is 2.26. The molecule has 25 heavy (non-hydrogen) atoms. The van der Waals surface area contributed by atoms with Crippen molar-refractivity contribution in [2.24, 2.45) is 11.3 Å². The van der Waals surface area contributed by atoms with Gasteiger partial charge in [-0.2, -0.15) is 5.21 Å². The van der Waals surface area contributed by atoms with Gasteiger partial charge in [-0.15, -0.1) is 10.2 Å². The Hall–Kier alpha value is -2.55. The van der Waals surface area contributed by atoms with Gasteiger partial charge in [-0.05, 0) is 23.5 Å². The van der Waals surface area contributed by atoms with Crippen LogP contribution in [0.5, 0.6) is 0 Å². The quantitative estimate of drug-likeness (QED) is 0.537. The number of carboxylic acid groups (broad SMARTS) is 1. The summed E-state index contributed by atoms with van der Waals surface area (Å²) in [6, 6.07) is 3.82. The number of nitrogens with one attached hydrogen (secondary N) is 2. The standard InChI is InChI=1S/C16H25N7O2/c1-16(2,3)13(15(24)25)11(14-20-22-23-21-14)8-10-4-5-12(19-9-10)18-7-6-17/h4-5,9,11,13H,6-8,17H2,1-3H3,(H,18,19)(H,24,25)(H,20,21,22,23)/p+1/t11-,13-/m0/s1. The highest BCUT2D eigenvalue weighted by Crippen LogP contribution is 2.38. The van der Waals surface area contributed by atoms with Crippen molar-refractivity contribution in [1.82, 2.24) is 25.6 Å². The van der Waals surface area contributed by atoms with Crippen LogP contribution in [0, 0.1) is 11.3 Å². The average Bonchev–Trinajstić information content (AvgIpc) is 3.06. The second-order valence-electron chi connectivity index (χ2n) is 7.09. The van der Waals surface area contributed by atoms with Gasteiger partial charge in [0.2, 0.25) is 0 Å².